The number of nitrogens with one attached hydrogen (secondary N) is 2. The molecule has 4 rings (SSSR count). The number of hydrogen-bond donors (Lipinski definition) is 2. The Bertz CT molecular complexity index is 1230. The van der Waals surface area contributed by atoms with E-state index in [1.807, 2.05) is 30.3 Å². The van der Waals surface area contributed by atoms with Gasteiger partial charge in [-0.15, -0.1) is 0 Å². The van der Waals surface area contributed by atoms with Gasteiger partial charge in [0.15, 0.2) is 5.82 Å². The smallest absolute Gasteiger partial charge is 0.274 e. The molecule has 0 aliphatic heterocycles. The second kappa shape index (κ2) is 9.01. The van der Waals surface area contributed by atoms with Crippen molar-refractivity contribution in [2.45, 2.75) is 6.54 Å². The molecule has 7 nitrogen and oxygen atoms in total. The second-order valence-corrected chi connectivity index (χ2v) is 7.86. The third-order valence-electron chi connectivity index (χ3n) is 4.50. The number of aromatic amines is 1. The van der Waals surface area contributed by atoms with Crippen LogP contribution in [0.3, 0.4) is 0 Å². The van der Waals surface area contributed by atoms with Gasteiger partial charge in [-0.05, 0) is 48.0 Å². The van der Waals surface area contributed by atoms with Gasteiger partial charge in [-0.25, -0.2) is 0 Å². The maximum Gasteiger partial charge on any atom is 0.274 e. The van der Waals surface area contributed by atoms with E-state index in [-0.39, 0.29) is 11.5 Å². The molecule has 2 aromatic heterocycles. The number of amides is 1. The van der Waals surface area contributed by atoms with Gasteiger partial charge < -0.3 is 10.1 Å². The highest BCUT2D eigenvalue weighted by molar-refractivity contribution is 6.35. The Hall–Kier alpha value is -3.00. The Kier molecular flexibility index (Phi) is 6.18. The third kappa shape index (κ3) is 4.85. The van der Waals surface area contributed by atoms with Crippen molar-refractivity contribution in [1.29, 1.82) is 0 Å². The molecule has 4 aromatic rings. The summed E-state index contributed by atoms with van der Waals surface area (Å²) >= 11 is 18.4. The first kappa shape index (κ1) is 21.2. The maximum atomic E-state index is 12.6. The number of ether oxygens (including phenoxy) is 1. The molecular weight excluding hydrogens is 461 g/mol. The fraction of sp³-hybridized carbons (Fsp3) is 0.0952. The lowest BCUT2D eigenvalue weighted by molar-refractivity contribution is 0.102. The van der Waals surface area contributed by atoms with Gasteiger partial charge in [0.1, 0.15) is 16.5 Å². The Labute approximate surface area is 192 Å². The predicted octanol–water partition coefficient (Wildman–Crippen LogP) is 5.54. The summed E-state index contributed by atoms with van der Waals surface area (Å²) in [6, 6.07) is 14.2. The fourth-order valence-electron chi connectivity index (χ4n) is 2.91. The highest BCUT2D eigenvalue weighted by Crippen LogP contribution is 2.25. The van der Waals surface area contributed by atoms with Crippen molar-refractivity contribution in [2.75, 3.05) is 12.4 Å². The summed E-state index contributed by atoms with van der Waals surface area (Å²) in [5, 5.41) is 15.3. The van der Waals surface area contributed by atoms with E-state index in [0.717, 1.165) is 16.9 Å². The highest BCUT2D eigenvalue weighted by Gasteiger charge is 2.16. The van der Waals surface area contributed by atoms with Crippen LogP contribution in [0.5, 0.6) is 5.75 Å². The number of methoxy groups -OCH3 is 1. The number of nitrogens with zero attached hydrogens (tertiary/aromatic N) is 3. The summed E-state index contributed by atoms with van der Waals surface area (Å²) < 4.78 is 6.74. The van der Waals surface area contributed by atoms with Crippen molar-refractivity contribution < 1.29 is 9.53 Å². The van der Waals surface area contributed by atoms with Crippen molar-refractivity contribution in [3.05, 3.63) is 81.1 Å². The number of H-pyrrole nitrogens is 1. The van der Waals surface area contributed by atoms with E-state index in [9.17, 15) is 4.79 Å². The third-order valence-corrected chi connectivity index (χ3v) is 5.37. The molecule has 31 heavy (non-hydrogen) atoms. The van der Waals surface area contributed by atoms with Gasteiger partial charge in [0.25, 0.3) is 5.91 Å². The first-order valence-electron chi connectivity index (χ1n) is 9.11. The quantitative estimate of drug-likeness (QED) is 0.382. The molecule has 0 saturated heterocycles. The van der Waals surface area contributed by atoms with Crippen molar-refractivity contribution in [1.82, 2.24) is 20.0 Å². The Morgan fingerprint density at radius 1 is 1.10 bits per heavy atom. The average Bonchev–Trinajstić information content (AvgIpc) is 3.37. The number of anilines is 1. The zero-order chi connectivity index (χ0) is 22.0. The van der Waals surface area contributed by atoms with E-state index < -0.39 is 5.91 Å². The lowest BCUT2D eigenvalue weighted by Gasteiger charge is -2.05. The van der Waals surface area contributed by atoms with Crippen LogP contribution in [0.15, 0.2) is 54.7 Å². The molecular formula is C21H16Cl3N5O2. The topological polar surface area (TPSA) is 84.8 Å². The molecule has 0 spiro atoms. The average molecular weight is 477 g/mol. The molecule has 0 radical (unpaired) electrons. The van der Waals surface area contributed by atoms with Crippen LogP contribution in [0.2, 0.25) is 15.1 Å². The van der Waals surface area contributed by atoms with Crippen LogP contribution in [0.25, 0.3) is 11.3 Å². The molecule has 0 saturated carbocycles. The highest BCUT2D eigenvalue weighted by atomic mass is 35.5. The molecule has 0 fully saturated rings. The van der Waals surface area contributed by atoms with Gasteiger partial charge in [-0.3, -0.25) is 14.6 Å². The van der Waals surface area contributed by atoms with E-state index >= 15 is 0 Å². The van der Waals surface area contributed by atoms with E-state index in [2.05, 4.69) is 20.6 Å². The first-order valence-corrected chi connectivity index (χ1v) is 10.2. The summed E-state index contributed by atoms with van der Waals surface area (Å²) in [4.78, 5) is 12.6. The molecule has 0 bridgehead atoms. The number of carbonyl (C=O) groups excluding carboxylic acids is 1. The molecule has 0 unspecified atom stereocenters. The van der Waals surface area contributed by atoms with Crippen molar-refractivity contribution in [3.63, 3.8) is 0 Å². The van der Waals surface area contributed by atoms with E-state index in [1.165, 1.54) is 0 Å². The Morgan fingerprint density at radius 3 is 2.58 bits per heavy atom. The van der Waals surface area contributed by atoms with Gasteiger partial charge in [0, 0.05) is 21.8 Å². The predicted molar refractivity (Wildman–Crippen MR) is 121 cm³/mol. The van der Waals surface area contributed by atoms with E-state index in [4.69, 9.17) is 39.5 Å². The molecule has 2 N–H and O–H groups in total. The minimum Gasteiger partial charge on any atom is -0.497 e. The standard InChI is InChI=1S/C21H16Cl3N5O2/c1-31-15-6-3-12(4-7-15)18-9-19(27-26-18)21(30)25-20-17(24)11-29(28-20)10-13-2-5-14(22)8-16(13)23/h2-9,11H,10H2,1H3,(H,26,27)(H,25,28,30). The number of aromatic nitrogens is 4. The van der Waals surface area contributed by atoms with Crippen LogP contribution in [0.1, 0.15) is 16.1 Å². The van der Waals surface area contributed by atoms with Gasteiger partial charge in [-0.2, -0.15) is 10.2 Å². The van der Waals surface area contributed by atoms with Crippen LogP contribution in [-0.2, 0) is 6.54 Å². The molecule has 1 amide bonds. The molecule has 158 valence electrons. The summed E-state index contributed by atoms with van der Waals surface area (Å²) in [6.45, 7) is 0.372. The van der Waals surface area contributed by atoms with Gasteiger partial charge in [0.2, 0.25) is 0 Å². The van der Waals surface area contributed by atoms with Crippen molar-refractivity contribution in [3.8, 4) is 17.0 Å². The van der Waals surface area contributed by atoms with Crippen LogP contribution >= 0.6 is 34.8 Å². The second-order valence-electron chi connectivity index (χ2n) is 6.61. The summed E-state index contributed by atoms with van der Waals surface area (Å²) in [5.74, 6) is 0.559. The lowest BCUT2D eigenvalue weighted by atomic mass is 10.1. The Balaban J connectivity index is 1.47. The van der Waals surface area contributed by atoms with Gasteiger partial charge in [0.05, 0.1) is 19.3 Å². The largest absolute Gasteiger partial charge is 0.497 e. The van der Waals surface area contributed by atoms with E-state index in [0.29, 0.717) is 27.3 Å². The summed E-state index contributed by atoms with van der Waals surface area (Å²) in [7, 11) is 1.60. The van der Waals surface area contributed by atoms with Crippen LogP contribution in [0.4, 0.5) is 5.82 Å². The lowest BCUT2D eigenvalue weighted by Crippen LogP contribution is -2.13. The van der Waals surface area contributed by atoms with Crippen molar-refractivity contribution >= 4 is 46.5 Å². The molecule has 2 heterocycles. The Morgan fingerprint density at radius 2 is 1.87 bits per heavy atom. The zero-order valence-corrected chi connectivity index (χ0v) is 18.5. The maximum absolute atomic E-state index is 12.6. The van der Waals surface area contributed by atoms with Crippen LogP contribution in [0, 0.1) is 0 Å². The number of carbonyl (C=O) groups is 1. The fourth-order valence-corrected chi connectivity index (χ4v) is 3.58. The van der Waals surface area contributed by atoms with Crippen LogP contribution < -0.4 is 10.1 Å². The SMILES string of the molecule is COc1ccc(-c2cc(C(=O)Nc3nn(Cc4ccc(Cl)cc4Cl)cc3Cl)[nH]n2)cc1. The van der Waals surface area contributed by atoms with E-state index in [1.54, 1.807) is 36.2 Å². The minimum atomic E-state index is -0.413. The van der Waals surface area contributed by atoms with Gasteiger partial charge in [-0.1, -0.05) is 40.9 Å². The summed E-state index contributed by atoms with van der Waals surface area (Å²) in [5.41, 5.74) is 2.57. The van der Waals surface area contributed by atoms with Crippen molar-refractivity contribution in [2.24, 2.45) is 0 Å². The molecule has 10 heteroatoms. The van der Waals surface area contributed by atoms with Crippen LogP contribution in [-0.4, -0.2) is 33.0 Å². The number of benzene rings is 2. The molecule has 0 aliphatic rings. The summed E-state index contributed by atoms with van der Waals surface area (Å²) in [6.07, 6.45) is 1.61. The molecule has 0 aliphatic carbocycles. The normalized spacial score (nSPS) is 10.8. The number of rotatable bonds is 6. The molecule has 2 aromatic carbocycles. The minimum absolute atomic E-state index is 0.234. The molecule has 0 atom stereocenters. The number of halogens is 3. The monoisotopic (exact) mass is 475 g/mol. The number of hydrogen-bond acceptors (Lipinski definition) is 4. The first-order chi connectivity index (χ1) is 14.9. The zero-order valence-electron chi connectivity index (χ0n) is 16.2. The van der Waals surface area contributed by atoms with Gasteiger partial charge >= 0.3 is 0 Å².